The van der Waals surface area contributed by atoms with Gasteiger partial charge in [-0.25, -0.2) is 9.97 Å². The minimum Gasteiger partial charge on any atom is -0.454 e. The van der Waals surface area contributed by atoms with Crippen LogP contribution in [0, 0.1) is 0 Å². The molecule has 0 atom stereocenters. The first kappa shape index (κ1) is 17.5. The third kappa shape index (κ3) is 4.28. The lowest BCUT2D eigenvalue weighted by atomic mass is 10.2. The maximum atomic E-state index is 12.4. The highest BCUT2D eigenvalue weighted by Crippen LogP contribution is 2.32. The van der Waals surface area contributed by atoms with Gasteiger partial charge in [-0.2, -0.15) is 0 Å². The van der Waals surface area contributed by atoms with Crippen molar-refractivity contribution in [1.29, 1.82) is 0 Å². The van der Waals surface area contributed by atoms with Crippen molar-refractivity contribution in [3.8, 4) is 11.5 Å². The molecule has 2 aliphatic heterocycles. The van der Waals surface area contributed by atoms with Crippen LogP contribution in [-0.2, 0) is 11.3 Å². The van der Waals surface area contributed by atoms with Gasteiger partial charge in [0, 0.05) is 58.1 Å². The maximum Gasteiger partial charge on any atom is 0.231 e. The Labute approximate surface area is 158 Å². The summed E-state index contributed by atoms with van der Waals surface area (Å²) in [6, 6.07) is 7.70. The van der Waals surface area contributed by atoms with Crippen LogP contribution in [0.15, 0.2) is 36.7 Å². The number of ether oxygens (including phenoxy) is 2. The monoisotopic (exact) mass is 369 g/mol. The zero-order valence-electron chi connectivity index (χ0n) is 15.1. The van der Waals surface area contributed by atoms with Gasteiger partial charge in [-0.3, -0.25) is 4.79 Å². The van der Waals surface area contributed by atoms with Crippen LogP contribution in [0.5, 0.6) is 11.5 Å². The van der Waals surface area contributed by atoms with E-state index in [9.17, 15) is 4.79 Å². The number of fused-ring (bicyclic) bond motifs is 1. The summed E-state index contributed by atoms with van der Waals surface area (Å²) in [5, 5.41) is 3.32. The third-order valence-corrected chi connectivity index (χ3v) is 4.75. The molecule has 0 spiro atoms. The first-order valence-corrected chi connectivity index (χ1v) is 9.18. The van der Waals surface area contributed by atoms with E-state index in [2.05, 4.69) is 20.2 Å². The van der Waals surface area contributed by atoms with Crippen molar-refractivity contribution in [1.82, 2.24) is 20.2 Å². The second-order valence-corrected chi connectivity index (χ2v) is 6.53. The molecule has 27 heavy (non-hydrogen) atoms. The largest absolute Gasteiger partial charge is 0.454 e. The molecule has 8 heteroatoms. The molecule has 1 fully saturated rings. The van der Waals surface area contributed by atoms with Gasteiger partial charge in [0.1, 0.15) is 0 Å². The van der Waals surface area contributed by atoms with Crippen LogP contribution >= 0.6 is 0 Å². The normalized spacial score (nSPS) is 15.9. The number of benzene rings is 1. The molecule has 0 radical (unpaired) electrons. The highest BCUT2D eigenvalue weighted by Gasteiger charge is 2.22. The van der Waals surface area contributed by atoms with Gasteiger partial charge in [0.05, 0.1) is 0 Å². The molecule has 1 N–H and O–H groups in total. The highest BCUT2D eigenvalue weighted by molar-refractivity contribution is 5.76. The zero-order chi connectivity index (χ0) is 18.5. The summed E-state index contributed by atoms with van der Waals surface area (Å²) >= 11 is 0. The average Bonchev–Trinajstić information content (AvgIpc) is 3.20. The Morgan fingerprint density at radius 3 is 2.67 bits per heavy atom. The Morgan fingerprint density at radius 2 is 1.85 bits per heavy atom. The summed E-state index contributed by atoms with van der Waals surface area (Å²) in [4.78, 5) is 25.0. The lowest BCUT2D eigenvalue weighted by Crippen LogP contribution is -2.49. The summed E-state index contributed by atoms with van der Waals surface area (Å²) in [7, 11) is 0. The molecule has 1 aromatic carbocycles. The van der Waals surface area contributed by atoms with Gasteiger partial charge in [0.2, 0.25) is 18.6 Å². The number of carbonyl (C=O) groups excluding carboxylic acids is 1. The Balaban J connectivity index is 1.17. The second-order valence-electron chi connectivity index (χ2n) is 6.53. The first-order valence-electron chi connectivity index (χ1n) is 9.18. The number of piperazine rings is 1. The van der Waals surface area contributed by atoms with Crippen molar-refractivity contribution >= 4 is 11.9 Å². The smallest absolute Gasteiger partial charge is 0.231 e. The van der Waals surface area contributed by atoms with Crippen molar-refractivity contribution in [2.75, 3.05) is 44.4 Å². The molecule has 0 saturated carbocycles. The number of nitrogens with one attached hydrogen (secondary N) is 1. The topological polar surface area (TPSA) is 79.8 Å². The van der Waals surface area contributed by atoms with Gasteiger partial charge in [-0.05, 0) is 23.8 Å². The van der Waals surface area contributed by atoms with E-state index in [1.54, 1.807) is 18.5 Å². The molecule has 1 aromatic heterocycles. The zero-order valence-corrected chi connectivity index (χ0v) is 15.1. The highest BCUT2D eigenvalue weighted by atomic mass is 16.7. The van der Waals surface area contributed by atoms with E-state index in [1.165, 1.54) is 0 Å². The molecule has 2 aromatic rings. The van der Waals surface area contributed by atoms with Crippen LogP contribution in [0.2, 0.25) is 0 Å². The molecule has 0 aliphatic carbocycles. The lowest BCUT2D eigenvalue weighted by Gasteiger charge is -2.34. The van der Waals surface area contributed by atoms with Crippen molar-refractivity contribution in [3.63, 3.8) is 0 Å². The Kier molecular flexibility index (Phi) is 5.34. The number of hydrogen-bond donors (Lipinski definition) is 1. The van der Waals surface area contributed by atoms with E-state index in [0.717, 1.165) is 36.1 Å². The Bertz CT molecular complexity index is 778. The number of carbonyl (C=O) groups is 1. The quantitative estimate of drug-likeness (QED) is 0.762. The standard InChI is InChI=1S/C19H23N5O3/c25-18(23-8-10-24(11-9-23)19-21-5-1-6-22-19)4-7-20-13-15-2-3-16-17(12-15)27-14-26-16/h1-3,5-6,12,20H,4,7-11,13-14H2. The molecule has 0 bridgehead atoms. The molecule has 2 aliphatic rings. The average molecular weight is 369 g/mol. The van der Waals surface area contributed by atoms with Crippen LogP contribution in [0.25, 0.3) is 0 Å². The minimum absolute atomic E-state index is 0.182. The molecule has 3 heterocycles. The molecule has 1 saturated heterocycles. The van der Waals surface area contributed by atoms with Gasteiger partial charge in [-0.15, -0.1) is 0 Å². The van der Waals surface area contributed by atoms with E-state index in [1.807, 2.05) is 23.1 Å². The molecule has 4 rings (SSSR count). The fourth-order valence-corrected chi connectivity index (χ4v) is 3.25. The van der Waals surface area contributed by atoms with Crippen molar-refractivity contribution < 1.29 is 14.3 Å². The summed E-state index contributed by atoms with van der Waals surface area (Å²) in [5.41, 5.74) is 1.11. The number of hydrogen-bond acceptors (Lipinski definition) is 7. The van der Waals surface area contributed by atoms with Crippen molar-refractivity contribution in [2.24, 2.45) is 0 Å². The summed E-state index contributed by atoms with van der Waals surface area (Å²) < 4.78 is 10.7. The molecule has 142 valence electrons. The first-order chi connectivity index (χ1) is 13.3. The van der Waals surface area contributed by atoms with Gasteiger partial charge in [0.15, 0.2) is 11.5 Å². The third-order valence-electron chi connectivity index (χ3n) is 4.75. The lowest BCUT2D eigenvalue weighted by molar-refractivity contribution is -0.131. The maximum absolute atomic E-state index is 12.4. The SMILES string of the molecule is O=C(CCNCc1ccc2c(c1)OCO2)N1CCN(c2ncccn2)CC1. The van der Waals surface area contributed by atoms with Crippen LogP contribution in [0.3, 0.4) is 0 Å². The van der Waals surface area contributed by atoms with Gasteiger partial charge in [0.25, 0.3) is 0 Å². The van der Waals surface area contributed by atoms with E-state index in [0.29, 0.717) is 32.6 Å². The molecular weight excluding hydrogens is 346 g/mol. The summed E-state index contributed by atoms with van der Waals surface area (Å²) in [6.45, 7) is 4.57. The van der Waals surface area contributed by atoms with Gasteiger partial charge in [-0.1, -0.05) is 6.07 Å². The van der Waals surface area contributed by atoms with E-state index < -0.39 is 0 Å². The fourth-order valence-electron chi connectivity index (χ4n) is 3.25. The van der Waals surface area contributed by atoms with Crippen LogP contribution in [-0.4, -0.2) is 60.3 Å². The molecule has 8 nitrogen and oxygen atoms in total. The van der Waals surface area contributed by atoms with Crippen LogP contribution < -0.4 is 19.7 Å². The Morgan fingerprint density at radius 1 is 1.07 bits per heavy atom. The van der Waals surface area contributed by atoms with E-state index >= 15 is 0 Å². The molecular formula is C19H23N5O3. The van der Waals surface area contributed by atoms with Gasteiger partial charge < -0.3 is 24.6 Å². The predicted octanol–water partition coefficient (Wildman–Crippen LogP) is 1.03. The van der Waals surface area contributed by atoms with Crippen molar-refractivity contribution in [3.05, 3.63) is 42.2 Å². The summed E-state index contributed by atoms with van der Waals surface area (Å²) in [6.07, 6.45) is 3.98. The number of anilines is 1. The minimum atomic E-state index is 0.182. The van der Waals surface area contributed by atoms with Crippen molar-refractivity contribution in [2.45, 2.75) is 13.0 Å². The van der Waals surface area contributed by atoms with Gasteiger partial charge >= 0.3 is 0 Å². The summed E-state index contributed by atoms with van der Waals surface area (Å²) in [5.74, 6) is 2.48. The number of rotatable bonds is 6. The van der Waals surface area contributed by atoms with Crippen LogP contribution in [0.4, 0.5) is 5.95 Å². The van der Waals surface area contributed by atoms with E-state index in [4.69, 9.17) is 9.47 Å². The number of nitrogens with zero attached hydrogens (tertiary/aromatic N) is 4. The Hall–Kier alpha value is -2.87. The molecule has 0 unspecified atom stereocenters. The predicted molar refractivity (Wildman–Crippen MR) is 99.7 cm³/mol. The van der Waals surface area contributed by atoms with Crippen LogP contribution in [0.1, 0.15) is 12.0 Å². The number of amides is 1. The van der Waals surface area contributed by atoms with E-state index in [-0.39, 0.29) is 12.7 Å². The number of aromatic nitrogens is 2. The second kappa shape index (κ2) is 8.22. The fraction of sp³-hybridized carbons (Fsp3) is 0.421. The molecule has 1 amide bonds.